The van der Waals surface area contributed by atoms with Gasteiger partial charge in [-0.1, -0.05) is 19.0 Å². The first kappa shape index (κ1) is 14.5. The quantitative estimate of drug-likeness (QED) is 0.857. The van der Waals surface area contributed by atoms with Crippen LogP contribution in [0.3, 0.4) is 0 Å². The molecule has 1 aromatic rings. The Morgan fingerprint density at radius 1 is 1.47 bits per heavy atom. The number of hydrogen-bond donors (Lipinski definition) is 1. The van der Waals surface area contributed by atoms with Crippen LogP contribution in [0, 0.1) is 11.8 Å². The van der Waals surface area contributed by atoms with Crippen molar-refractivity contribution in [3.8, 4) is 0 Å². The number of piperidine rings is 1. The molecule has 2 unspecified atom stereocenters. The highest BCUT2D eigenvalue weighted by molar-refractivity contribution is 4.94. The minimum atomic E-state index is -0.0630. The van der Waals surface area contributed by atoms with E-state index in [4.69, 9.17) is 9.26 Å². The van der Waals surface area contributed by atoms with Crippen molar-refractivity contribution < 1.29 is 9.26 Å². The van der Waals surface area contributed by atoms with E-state index in [0.717, 1.165) is 25.4 Å². The summed E-state index contributed by atoms with van der Waals surface area (Å²) in [6, 6.07) is 0. The monoisotopic (exact) mass is 267 g/mol. The van der Waals surface area contributed by atoms with E-state index >= 15 is 0 Å². The molecule has 2 rings (SSSR count). The Balaban J connectivity index is 1.96. The van der Waals surface area contributed by atoms with E-state index in [1.54, 1.807) is 0 Å². The fraction of sp³-hybridized carbons (Fsp3) is 0.857. The van der Waals surface area contributed by atoms with Crippen LogP contribution in [0.15, 0.2) is 4.52 Å². The Bertz CT molecular complexity index is 373. The highest BCUT2D eigenvalue weighted by atomic mass is 16.5. The Labute approximate surface area is 115 Å². The first-order chi connectivity index (χ1) is 9.20. The van der Waals surface area contributed by atoms with Gasteiger partial charge in [-0.25, -0.2) is 0 Å². The van der Waals surface area contributed by atoms with Gasteiger partial charge in [0, 0.05) is 13.0 Å². The number of ether oxygens (including phenoxy) is 1. The van der Waals surface area contributed by atoms with Crippen LogP contribution in [-0.2, 0) is 11.2 Å². The Hall–Kier alpha value is -0.940. The molecule has 0 amide bonds. The lowest BCUT2D eigenvalue weighted by Crippen LogP contribution is -2.30. The second kappa shape index (κ2) is 7.01. The molecule has 1 fully saturated rings. The van der Waals surface area contributed by atoms with E-state index < -0.39 is 0 Å². The van der Waals surface area contributed by atoms with Crippen molar-refractivity contribution in [1.29, 1.82) is 0 Å². The summed E-state index contributed by atoms with van der Waals surface area (Å²) in [5.41, 5.74) is 0. The van der Waals surface area contributed by atoms with E-state index in [0.29, 0.717) is 24.3 Å². The standard InChI is InChI=1S/C14H25N3O2/c1-4-18-13(10(2)3)14-16-12(19-17-14)8-11-6-5-7-15-9-11/h10-11,13,15H,4-9H2,1-3H3. The van der Waals surface area contributed by atoms with Crippen molar-refractivity contribution in [3.05, 3.63) is 11.7 Å². The number of hydrogen-bond acceptors (Lipinski definition) is 5. The van der Waals surface area contributed by atoms with Gasteiger partial charge >= 0.3 is 0 Å². The SMILES string of the molecule is CCOC(c1noc(CC2CCCNC2)n1)C(C)C. The van der Waals surface area contributed by atoms with Crippen LogP contribution in [-0.4, -0.2) is 29.8 Å². The van der Waals surface area contributed by atoms with Crippen LogP contribution in [0.1, 0.15) is 51.4 Å². The Kier molecular flexibility index (Phi) is 5.34. The third-order valence-electron chi connectivity index (χ3n) is 3.55. The van der Waals surface area contributed by atoms with Crippen LogP contribution in [0.25, 0.3) is 0 Å². The molecular formula is C14H25N3O2. The maximum atomic E-state index is 5.70. The zero-order valence-corrected chi connectivity index (χ0v) is 12.2. The van der Waals surface area contributed by atoms with Gasteiger partial charge in [0.2, 0.25) is 11.7 Å². The second-order valence-electron chi connectivity index (χ2n) is 5.58. The van der Waals surface area contributed by atoms with Gasteiger partial charge in [-0.2, -0.15) is 4.98 Å². The van der Waals surface area contributed by atoms with Crippen molar-refractivity contribution in [2.45, 2.75) is 46.1 Å². The topological polar surface area (TPSA) is 60.2 Å². The maximum Gasteiger partial charge on any atom is 0.227 e. The first-order valence-corrected chi connectivity index (χ1v) is 7.35. The molecule has 0 saturated carbocycles. The van der Waals surface area contributed by atoms with Gasteiger partial charge in [0.25, 0.3) is 0 Å². The summed E-state index contributed by atoms with van der Waals surface area (Å²) in [5, 5.41) is 7.50. The molecule has 0 spiro atoms. The average molecular weight is 267 g/mol. The highest BCUT2D eigenvalue weighted by Crippen LogP contribution is 2.24. The summed E-state index contributed by atoms with van der Waals surface area (Å²) in [4.78, 5) is 4.51. The molecule has 0 bridgehead atoms. The molecule has 1 aliphatic rings. The van der Waals surface area contributed by atoms with Gasteiger partial charge in [0.1, 0.15) is 6.10 Å². The lowest BCUT2D eigenvalue weighted by molar-refractivity contribution is 0.0217. The predicted octanol–water partition coefficient (Wildman–Crippen LogP) is 2.35. The fourth-order valence-corrected chi connectivity index (χ4v) is 2.56. The minimum absolute atomic E-state index is 0.0630. The lowest BCUT2D eigenvalue weighted by atomic mass is 9.96. The second-order valence-corrected chi connectivity index (χ2v) is 5.58. The summed E-state index contributed by atoms with van der Waals surface area (Å²) in [6.07, 6.45) is 3.28. The van der Waals surface area contributed by atoms with Crippen LogP contribution >= 0.6 is 0 Å². The summed E-state index contributed by atoms with van der Waals surface area (Å²) in [5.74, 6) is 2.40. The van der Waals surface area contributed by atoms with E-state index in [9.17, 15) is 0 Å². The molecule has 19 heavy (non-hydrogen) atoms. The van der Waals surface area contributed by atoms with Crippen LogP contribution in [0.2, 0.25) is 0 Å². The third kappa shape index (κ3) is 4.01. The molecule has 0 radical (unpaired) electrons. The van der Waals surface area contributed by atoms with E-state index in [2.05, 4.69) is 29.3 Å². The molecule has 1 N–H and O–H groups in total. The van der Waals surface area contributed by atoms with Crippen molar-refractivity contribution >= 4 is 0 Å². The highest BCUT2D eigenvalue weighted by Gasteiger charge is 2.23. The predicted molar refractivity (Wildman–Crippen MR) is 72.8 cm³/mol. The van der Waals surface area contributed by atoms with Gasteiger partial charge in [0.15, 0.2) is 0 Å². The fourth-order valence-electron chi connectivity index (χ4n) is 2.56. The molecule has 2 heterocycles. The first-order valence-electron chi connectivity index (χ1n) is 7.35. The third-order valence-corrected chi connectivity index (χ3v) is 3.55. The molecule has 0 aromatic carbocycles. The van der Waals surface area contributed by atoms with Crippen molar-refractivity contribution in [1.82, 2.24) is 15.5 Å². The van der Waals surface area contributed by atoms with Crippen molar-refractivity contribution in [2.24, 2.45) is 11.8 Å². The largest absolute Gasteiger partial charge is 0.370 e. The van der Waals surface area contributed by atoms with Crippen LogP contribution in [0.5, 0.6) is 0 Å². The number of aromatic nitrogens is 2. The zero-order valence-electron chi connectivity index (χ0n) is 12.2. The van der Waals surface area contributed by atoms with Crippen LogP contribution in [0.4, 0.5) is 0 Å². The Morgan fingerprint density at radius 3 is 2.95 bits per heavy atom. The summed E-state index contributed by atoms with van der Waals surface area (Å²) in [7, 11) is 0. The van der Waals surface area contributed by atoms with E-state index in [-0.39, 0.29) is 6.10 Å². The normalized spacial score (nSPS) is 21.8. The van der Waals surface area contributed by atoms with Gasteiger partial charge in [-0.3, -0.25) is 0 Å². The smallest absolute Gasteiger partial charge is 0.227 e. The van der Waals surface area contributed by atoms with E-state index in [1.165, 1.54) is 12.8 Å². The van der Waals surface area contributed by atoms with E-state index in [1.807, 2.05) is 6.92 Å². The molecule has 2 atom stereocenters. The summed E-state index contributed by atoms with van der Waals surface area (Å²) >= 11 is 0. The number of nitrogens with one attached hydrogen (secondary N) is 1. The number of nitrogens with zero attached hydrogens (tertiary/aromatic N) is 2. The number of rotatable bonds is 6. The van der Waals surface area contributed by atoms with Gasteiger partial charge in [0.05, 0.1) is 0 Å². The average Bonchev–Trinajstić information content (AvgIpc) is 2.85. The molecule has 5 nitrogen and oxygen atoms in total. The molecule has 1 saturated heterocycles. The molecule has 1 aromatic heterocycles. The Morgan fingerprint density at radius 2 is 2.32 bits per heavy atom. The van der Waals surface area contributed by atoms with Crippen molar-refractivity contribution in [2.75, 3.05) is 19.7 Å². The zero-order chi connectivity index (χ0) is 13.7. The van der Waals surface area contributed by atoms with Gasteiger partial charge < -0.3 is 14.6 Å². The summed E-state index contributed by atoms with van der Waals surface area (Å²) in [6.45, 7) is 9.06. The van der Waals surface area contributed by atoms with Gasteiger partial charge in [-0.15, -0.1) is 0 Å². The lowest BCUT2D eigenvalue weighted by Gasteiger charge is -2.20. The maximum absolute atomic E-state index is 5.70. The van der Waals surface area contributed by atoms with Crippen molar-refractivity contribution in [3.63, 3.8) is 0 Å². The molecule has 0 aliphatic carbocycles. The molecule has 108 valence electrons. The van der Waals surface area contributed by atoms with Crippen LogP contribution < -0.4 is 5.32 Å². The molecular weight excluding hydrogens is 242 g/mol. The molecule has 1 aliphatic heterocycles. The summed E-state index contributed by atoms with van der Waals surface area (Å²) < 4.78 is 11.1. The minimum Gasteiger partial charge on any atom is -0.370 e. The molecule has 5 heteroatoms. The van der Waals surface area contributed by atoms with Gasteiger partial charge in [-0.05, 0) is 44.7 Å².